The highest BCUT2D eigenvalue weighted by atomic mass is 16.5. The zero-order valence-corrected chi connectivity index (χ0v) is 24.3. The number of hydrogen-bond donors (Lipinski definition) is 2. The second-order valence-corrected chi connectivity index (χ2v) is 11.8. The van der Waals surface area contributed by atoms with Gasteiger partial charge in [0.15, 0.2) is 0 Å². The standard InChI is InChI=1S/C35H41NO6/c1-2-10-26-21-28-33(35(41)36(34(28)40)18-8-4-7-15-31(38)39)29-22-42-30(32(26)29)17-16-25(24-12-5-3-6-13-24)19-23-11-9-14-27(37)20-23/h3,5-6,9,11-14,19-20,28-30,33,37H,2,4,7-8,10,15-18,21-22H2,1H3,(H,38,39)/b25-19-/t28-,29+,30-,33-/m1/s1. The number of aromatic hydroxyl groups is 1. The van der Waals surface area contributed by atoms with Crippen LogP contribution in [0.15, 0.2) is 65.7 Å². The minimum Gasteiger partial charge on any atom is -0.508 e. The molecule has 2 saturated heterocycles. The Morgan fingerprint density at radius 3 is 2.55 bits per heavy atom. The third-order valence-electron chi connectivity index (χ3n) is 8.95. The summed E-state index contributed by atoms with van der Waals surface area (Å²) < 4.78 is 6.43. The topological polar surface area (TPSA) is 104 Å². The second-order valence-electron chi connectivity index (χ2n) is 11.8. The molecule has 2 amide bonds. The number of allylic oxidation sites excluding steroid dienone is 2. The van der Waals surface area contributed by atoms with Crippen LogP contribution in [0.2, 0.25) is 0 Å². The number of carbonyl (C=O) groups excluding carboxylic acids is 2. The summed E-state index contributed by atoms with van der Waals surface area (Å²) in [5, 5.41) is 18.9. The highest BCUT2D eigenvalue weighted by molar-refractivity contribution is 6.06. The minimum atomic E-state index is -0.821. The molecule has 4 atom stereocenters. The van der Waals surface area contributed by atoms with Gasteiger partial charge in [-0.3, -0.25) is 19.3 Å². The van der Waals surface area contributed by atoms with Crippen LogP contribution in [-0.2, 0) is 19.1 Å². The molecule has 222 valence electrons. The van der Waals surface area contributed by atoms with E-state index in [4.69, 9.17) is 9.84 Å². The molecule has 1 aliphatic carbocycles. The average molecular weight is 572 g/mol. The predicted molar refractivity (Wildman–Crippen MR) is 161 cm³/mol. The first-order valence-corrected chi connectivity index (χ1v) is 15.3. The Morgan fingerprint density at radius 2 is 1.81 bits per heavy atom. The molecule has 2 fully saturated rings. The molecule has 2 aromatic carbocycles. The summed E-state index contributed by atoms with van der Waals surface area (Å²) in [6.07, 6.45) is 8.01. The van der Waals surface area contributed by atoms with E-state index in [1.54, 1.807) is 12.1 Å². The van der Waals surface area contributed by atoms with Gasteiger partial charge >= 0.3 is 5.97 Å². The lowest BCUT2D eigenvalue weighted by Crippen LogP contribution is -2.34. The maximum Gasteiger partial charge on any atom is 0.303 e. The minimum absolute atomic E-state index is 0.0697. The quantitative estimate of drug-likeness (QED) is 0.124. The van der Waals surface area contributed by atoms with Crippen molar-refractivity contribution in [3.63, 3.8) is 0 Å². The molecule has 0 unspecified atom stereocenters. The number of hydrogen-bond acceptors (Lipinski definition) is 5. The molecule has 0 bridgehead atoms. The first kappa shape index (κ1) is 29.8. The SMILES string of the molecule is CCCC1=C2[C@@H](CC/C(=C/c3cccc(O)c3)c3ccccc3)OC[C@@H]2[C@@H]2C(=O)N(CCCCCC(=O)O)C(=O)[C@@H]2C1. The Hall–Kier alpha value is -3.71. The lowest BCUT2D eigenvalue weighted by atomic mass is 9.68. The van der Waals surface area contributed by atoms with Gasteiger partial charge in [0.1, 0.15) is 5.75 Å². The molecule has 3 aliphatic rings. The summed E-state index contributed by atoms with van der Waals surface area (Å²) in [4.78, 5) is 39.3. The number of benzene rings is 2. The first-order valence-electron chi connectivity index (χ1n) is 15.3. The van der Waals surface area contributed by atoms with Crippen molar-refractivity contribution in [2.75, 3.05) is 13.2 Å². The van der Waals surface area contributed by atoms with Gasteiger partial charge in [0.05, 0.1) is 24.5 Å². The van der Waals surface area contributed by atoms with E-state index in [9.17, 15) is 19.5 Å². The van der Waals surface area contributed by atoms with Gasteiger partial charge in [0.2, 0.25) is 11.8 Å². The van der Waals surface area contributed by atoms with Gasteiger partial charge in [-0.15, -0.1) is 0 Å². The number of ether oxygens (including phenoxy) is 1. The molecule has 5 rings (SSSR count). The highest BCUT2D eigenvalue weighted by Crippen LogP contribution is 2.51. The average Bonchev–Trinajstić information content (AvgIpc) is 3.50. The molecule has 2 heterocycles. The van der Waals surface area contributed by atoms with Gasteiger partial charge in [-0.2, -0.15) is 0 Å². The Morgan fingerprint density at radius 1 is 1.00 bits per heavy atom. The van der Waals surface area contributed by atoms with Gasteiger partial charge in [-0.1, -0.05) is 73.9 Å². The van der Waals surface area contributed by atoms with Crippen LogP contribution >= 0.6 is 0 Å². The molecule has 42 heavy (non-hydrogen) atoms. The van der Waals surface area contributed by atoms with Crippen LogP contribution in [0.25, 0.3) is 11.6 Å². The van der Waals surface area contributed by atoms with Crippen LogP contribution in [0.4, 0.5) is 0 Å². The van der Waals surface area contributed by atoms with E-state index in [2.05, 4.69) is 25.1 Å². The monoisotopic (exact) mass is 571 g/mol. The molecule has 7 nitrogen and oxygen atoms in total. The van der Waals surface area contributed by atoms with Gasteiger partial charge in [-0.25, -0.2) is 0 Å². The Balaban J connectivity index is 1.33. The molecule has 0 saturated carbocycles. The molecule has 7 heteroatoms. The van der Waals surface area contributed by atoms with E-state index in [0.29, 0.717) is 38.8 Å². The number of imide groups is 1. The number of likely N-dealkylation sites (tertiary alicyclic amines) is 1. The highest BCUT2D eigenvalue weighted by Gasteiger charge is 2.56. The van der Waals surface area contributed by atoms with Crippen LogP contribution in [-0.4, -0.2) is 52.2 Å². The number of unbranched alkanes of at least 4 members (excludes halogenated alkanes) is 2. The summed E-state index contributed by atoms with van der Waals surface area (Å²) >= 11 is 0. The van der Waals surface area contributed by atoms with Crippen molar-refractivity contribution < 1.29 is 29.3 Å². The number of phenolic OH excluding ortho intramolecular Hbond substituents is 1. The Labute approximate surface area is 247 Å². The molecule has 2 aromatic rings. The first-order chi connectivity index (χ1) is 20.4. The van der Waals surface area contributed by atoms with Gasteiger partial charge < -0.3 is 14.9 Å². The van der Waals surface area contributed by atoms with Crippen LogP contribution in [0.5, 0.6) is 5.75 Å². The number of rotatable bonds is 13. The zero-order chi connectivity index (χ0) is 29.6. The van der Waals surface area contributed by atoms with Crippen LogP contribution in [0.1, 0.15) is 75.8 Å². The lowest BCUT2D eigenvalue weighted by Gasteiger charge is -2.32. The third-order valence-corrected chi connectivity index (χ3v) is 8.95. The fourth-order valence-electron chi connectivity index (χ4n) is 7.07. The number of carbonyl (C=O) groups is 3. The van der Waals surface area contributed by atoms with E-state index in [0.717, 1.165) is 42.4 Å². The van der Waals surface area contributed by atoms with Crippen molar-refractivity contribution in [1.29, 1.82) is 0 Å². The van der Waals surface area contributed by atoms with E-state index < -0.39 is 5.97 Å². The largest absolute Gasteiger partial charge is 0.508 e. The molecule has 2 N–H and O–H groups in total. The molecule has 0 aromatic heterocycles. The number of phenols is 1. The Kier molecular flexibility index (Phi) is 9.58. The molecule has 2 aliphatic heterocycles. The smallest absolute Gasteiger partial charge is 0.303 e. The number of carboxylic acid groups (broad SMARTS) is 1. The molecular formula is C35H41NO6. The van der Waals surface area contributed by atoms with E-state index in [1.807, 2.05) is 30.3 Å². The summed E-state index contributed by atoms with van der Waals surface area (Å²) in [5.74, 6) is -1.50. The van der Waals surface area contributed by atoms with E-state index in [-0.39, 0.29) is 47.8 Å². The number of nitrogens with zero attached hydrogens (tertiary/aromatic N) is 1. The van der Waals surface area contributed by atoms with Gasteiger partial charge in [0, 0.05) is 18.9 Å². The van der Waals surface area contributed by atoms with Crippen molar-refractivity contribution >= 4 is 29.4 Å². The Bertz CT molecular complexity index is 1360. The fourth-order valence-corrected chi connectivity index (χ4v) is 7.07. The summed E-state index contributed by atoms with van der Waals surface area (Å²) in [6, 6.07) is 17.5. The van der Waals surface area contributed by atoms with Gasteiger partial charge in [0.25, 0.3) is 0 Å². The predicted octanol–water partition coefficient (Wildman–Crippen LogP) is 6.47. The van der Waals surface area contributed by atoms with Crippen LogP contribution in [0, 0.1) is 17.8 Å². The normalized spacial score (nSPS) is 23.8. The van der Waals surface area contributed by atoms with E-state index >= 15 is 0 Å². The van der Waals surface area contributed by atoms with Crippen LogP contribution in [0.3, 0.4) is 0 Å². The molecule has 0 radical (unpaired) electrons. The van der Waals surface area contributed by atoms with E-state index in [1.165, 1.54) is 16.0 Å². The van der Waals surface area contributed by atoms with Crippen LogP contribution < -0.4 is 0 Å². The summed E-state index contributed by atoms with van der Waals surface area (Å²) in [6.45, 7) is 2.97. The number of amides is 2. The van der Waals surface area contributed by atoms with Crippen molar-refractivity contribution in [3.8, 4) is 5.75 Å². The lowest BCUT2D eigenvalue weighted by molar-refractivity contribution is -0.141. The van der Waals surface area contributed by atoms with Crippen molar-refractivity contribution in [3.05, 3.63) is 76.9 Å². The molecular weight excluding hydrogens is 530 g/mol. The third kappa shape index (κ3) is 6.51. The maximum absolute atomic E-state index is 13.6. The fraction of sp³-hybridized carbons (Fsp3) is 0.457. The van der Waals surface area contributed by atoms with Crippen molar-refractivity contribution in [1.82, 2.24) is 4.90 Å². The maximum atomic E-state index is 13.6. The second kappa shape index (κ2) is 13.5. The number of fused-ring (bicyclic) bond motifs is 3. The summed E-state index contributed by atoms with van der Waals surface area (Å²) in [7, 11) is 0. The van der Waals surface area contributed by atoms with Crippen molar-refractivity contribution in [2.24, 2.45) is 17.8 Å². The number of carboxylic acids is 1. The summed E-state index contributed by atoms with van der Waals surface area (Å²) in [5.41, 5.74) is 5.74. The number of aliphatic carboxylic acids is 1. The molecule has 0 spiro atoms. The van der Waals surface area contributed by atoms with Gasteiger partial charge in [-0.05, 0) is 72.9 Å². The van der Waals surface area contributed by atoms with Crippen molar-refractivity contribution in [2.45, 2.75) is 70.8 Å². The zero-order valence-electron chi connectivity index (χ0n) is 24.3.